The second kappa shape index (κ2) is 8.15. The van der Waals surface area contributed by atoms with Crippen LogP contribution < -0.4 is 0 Å². The summed E-state index contributed by atoms with van der Waals surface area (Å²) in [4.78, 5) is 23.9. The monoisotopic (exact) mass is 390 g/mol. The van der Waals surface area contributed by atoms with Gasteiger partial charge < -0.3 is 9.42 Å². The van der Waals surface area contributed by atoms with E-state index in [1.54, 1.807) is 6.20 Å². The molecule has 6 heteroatoms. The van der Waals surface area contributed by atoms with Gasteiger partial charge >= 0.3 is 0 Å². The van der Waals surface area contributed by atoms with E-state index in [9.17, 15) is 4.79 Å². The average molecular weight is 390 g/mol. The molecule has 1 fully saturated rings. The van der Waals surface area contributed by atoms with E-state index >= 15 is 0 Å². The van der Waals surface area contributed by atoms with E-state index in [4.69, 9.17) is 9.51 Å². The lowest BCUT2D eigenvalue weighted by Gasteiger charge is -2.32. The van der Waals surface area contributed by atoms with Gasteiger partial charge in [0.05, 0.1) is 22.5 Å². The van der Waals surface area contributed by atoms with Gasteiger partial charge in [0.1, 0.15) is 5.76 Å². The van der Waals surface area contributed by atoms with Crippen LogP contribution in [0.25, 0.3) is 11.3 Å². The number of rotatable bonds is 4. The van der Waals surface area contributed by atoms with E-state index < -0.39 is 0 Å². The largest absolute Gasteiger partial charge is 0.360 e. The molecule has 1 amide bonds. The third-order valence-electron chi connectivity index (χ3n) is 5.72. The van der Waals surface area contributed by atoms with E-state index in [1.807, 2.05) is 36.9 Å². The maximum absolute atomic E-state index is 12.8. The van der Waals surface area contributed by atoms with Crippen LogP contribution in [0.3, 0.4) is 0 Å². The number of piperidine rings is 1. The molecule has 3 aromatic rings. The number of aryl methyl sites for hydroxylation is 3. The summed E-state index contributed by atoms with van der Waals surface area (Å²) in [5.41, 5.74) is 5.36. The van der Waals surface area contributed by atoms with Crippen molar-refractivity contribution in [3.8, 4) is 11.3 Å². The highest BCUT2D eigenvalue weighted by Crippen LogP contribution is 2.31. The molecule has 0 N–H and O–H groups in total. The normalized spacial score (nSPS) is 14.9. The lowest BCUT2D eigenvalue weighted by molar-refractivity contribution is 0.0711. The van der Waals surface area contributed by atoms with Gasteiger partial charge in [-0.3, -0.25) is 14.8 Å². The predicted octanol–water partition coefficient (Wildman–Crippen LogP) is 4.33. The molecule has 6 nitrogen and oxygen atoms in total. The molecule has 0 atom stereocenters. The number of pyridine rings is 2. The van der Waals surface area contributed by atoms with Gasteiger partial charge in [0.2, 0.25) is 0 Å². The van der Waals surface area contributed by atoms with Gasteiger partial charge in [-0.2, -0.15) is 0 Å². The number of carbonyl (C=O) groups is 1. The number of aromatic nitrogens is 3. The van der Waals surface area contributed by atoms with Gasteiger partial charge in [-0.15, -0.1) is 0 Å². The first-order valence-corrected chi connectivity index (χ1v) is 10.2. The van der Waals surface area contributed by atoms with Gasteiger partial charge in [0, 0.05) is 43.0 Å². The maximum atomic E-state index is 12.8. The summed E-state index contributed by atoms with van der Waals surface area (Å²) in [5, 5.41) is 4.11. The van der Waals surface area contributed by atoms with Crippen molar-refractivity contribution >= 4 is 5.91 Å². The number of amides is 1. The fraction of sp³-hybridized carbons (Fsp3) is 0.391. The molecular formula is C23H26N4O2. The smallest absolute Gasteiger partial charge is 0.255 e. The first kappa shape index (κ1) is 19.3. The number of carbonyl (C=O) groups excluding carboxylic acids is 1. The molecule has 0 radical (unpaired) electrons. The van der Waals surface area contributed by atoms with Crippen molar-refractivity contribution in [2.45, 2.75) is 46.0 Å². The van der Waals surface area contributed by atoms with Crippen LogP contribution in [-0.2, 0) is 6.42 Å². The van der Waals surface area contributed by atoms with Crippen molar-refractivity contribution in [3.63, 3.8) is 0 Å². The molecule has 0 saturated carbocycles. The highest BCUT2D eigenvalue weighted by atomic mass is 16.5. The molecule has 4 heterocycles. The summed E-state index contributed by atoms with van der Waals surface area (Å²) in [7, 11) is 0. The second-order valence-electron chi connectivity index (χ2n) is 7.57. The molecule has 3 aromatic heterocycles. The van der Waals surface area contributed by atoms with Crippen molar-refractivity contribution in [1.82, 2.24) is 20.0 Å². The zero-order valence-corrected chi connectivity index (χ0v) is 17.2. The van der Waals surface area contributed by atoms with Crippen LogP contribution in [0, 0.1) is 13.8 Å². The Morgan fingerprint density at radius 3 is 2.66 bits per heavy atom. The van der Waals surface area contributed by atoms with Crippen LogP contribution in [0.2, 0.25) is 0 Å². The van der Waals surface area contributed by atoms with Crippen molar-refractivity contribution in [2.75, 3.05) is 13.1 Å². The Balaban J connectivity index is 1.49. The summed E-state index contributed by atoms with van der Waals surface area (Å²) < 4.78 is 5.44. The standard InChI is InChI=1S/C23H26N4O2/c1-4-21-22(16(3)26-29-21)20-9-5-8-19(25-20)17-10-13-27(14-11-17)23(28)18-7-6-12-24-15(18)2/h5-9,12,17H,4,10-11,13-14H2,1-3H3. The topological polar surface area (TPSA) is 72.1 Å². The lowest BCUT2D eigenvalue weighted by atomic mass is 9.92. The quantitative estimate of drug-likeness (QED) is 0.663. The molecule has 0 aromatic carbocycles. The third kappa shape index (κ3) is 3.79. The molecule has 1 aliphatic rings. The van der Waals surface area contributed by atoms with E-state index in [-0.39, 0.29) is 5.91 Å². The summed E-state index contributed by atoms with van der Waals surface area (Å²) in [6, 6.07) is 9.84. The van der Waals surface area contributed by atoms with E-state index in [2.05, 4.69) is 29.2 Å². The fourth-order valence-electron chi connectivity index (χ4n) is 4.06. The van der Waals surface area contributed by atoms with Crippen LogP contribution in [0.15, 0.2) is 41.1 Å². The first-order valence-electron chi connectivity index (χ1n) is 10.2. The maximum Gasteiger partial charge on any atom is 0.255 e. The number of hydrogen-bond acceptors (Lipinski definition) is 5. The summed E-state index contributed by atoms with van der Waals surface area (Å²) in [6.45, 7) is 7.36. The minimum absolute atomic E-state index is 0.0726. The van der Waals surface area contributed by atoms with Gasteiger partial charge in [-0.1, -0.05) is 18.1 Å². The summed E-state index contributed by atoms with van der Waals surface area (Å²) in [5.74, 6) is 1.29. The Kier molecular flexibility index (Phi) is 5.43. The van der Waals surface area contributed by atoms with Crippen LogP contribution >= 0.6 is 0 Å². The molecule has 29 heavy (non-hydrogen) atoms. The first-order chi connectivity index (χ1) is 14.1. The Morgan fingerprint density at radius 2 is 1.93 bits per heavy atom. The van der Waals surface area contributed by atoms with E-state index in [0.29, 0.717) is 11.5 Å². The Bertz CT molecular complexity index is 1020. The summed E-state index contributed by atoms with van der Waals surface area (Å²) >= 11 is 0. The van der Waals surface area contributed by atoms with Gasteiger partial charge in [0.25, 0.3) is 5.91 Å². The van der Waals surface area contributed by atoms with E-state index in [1.165, 1.54) is 0 Å². The Labute approximate surface area is 171 Å². The number of hydrogen-bond donors (Lipinski definition) is 0. The minimum Gasteiger partial charge on any atom is -0.360 e. The molecule has 0 aliphatic carbocycles. The molecule has 0 bridgehead atoms. The van der Waals surface area contributed by atoms with E-state index in [0.717, 1.165) is 66.5 Å². The van der Waals surface area contributed by atoms with Crippen molar-refractivity contribution in [1.29, 1.82) is 0 Å². The van der Waals surface area contributed by atoms with Gasteiger partial charge in [-0.05, 0) is 51.0 Å². The minimum atomic E-state index is 0.0726. The Hall–Kier alpha value is -3.02. The molecule has 0 spiro atoms. The highest BCUT2D eigenvalue weighted by Gasteiger charge is 2.26. The molecule has 1 aliphatic heterocycles. The van der Waals surface area contributed by atoms with Crippen LogP contribution in [0.5, 0.6) is 0 Å². The van der Waals surface area contributed by atoms with Crippen molar-refractivity contribution < 1.29 is 9.32 Å². The predicted molar refractivity (Wildman–Crippen MR) is 111 cm³/mol. The fourth-order valence-corrected chi connectivity index (χ4v) is 4.06. The third-order valence-corrected chi connectivity index (χ3v) is 5.72. The molecule has 4 rings (SSSR count). The zero-order valence-electron chi connectivity index (χ0n) is 17.2. The number of nitrogens with zero attached hydrogens (tertiary/aromatic N) is 4. The van der Waals surface area contributed by atoms with Crippen LogP contribution in [0.4, 0.5) is 0 Å². The zero-order chi connectivity index (χ0) is 20.4. The second-order valence-corrected chi connectivity index (χ2v) is 7.57. The number of likely N-dealkylation sites (tertiary alicyclic amines) is 1. The molecule has 1 saturated heterocycles. The van der Waals surface area contributed by atoms with Crippen LogP contribution in [0.1, 0.15) is 58.9 Å². The van der Waals surface area contributed by atoms with Gasteiger partial charge in [-0.25, -0.2) is 0 Å². The molecule has 150 valence electrons. The van der Waals surface area contributed by atoms with Crippen molar-refractivity contribution in [2.24, 2.45) is 0 Å². The van der Waals surface area contributed by atoms with Crippen LogP contribution in [-0.4, -0.2) is 39.0 Å². The van der Waals surface area contributed by atoms with Gasteiger partial charge in [0.15, 0.2) is 0 Å². The lowest BCUT2D eigenvalue weighted by Crippen LogP contribution is -2.38. The summed E-state index contributed by atoms with van der Waals surface area (Å²) in [6.07, 6.45) is 4.32. The SMILES string of the molecule is CCc1onc(C)c1-c1cccc(C2CCN(C(=O)c3cccnc3C)CC2)n1. The highest BCUT2D eigenvalue weighted by molar-refractivity contribution is 5.95. The molecular weight excluding hydrogens is 364 g/mol. The Morgan fingerprint density at radius 1 is 1.14 bits per heavy atom. The van der Waals surface area contributed by atoms with Crippen molar-refractivity contribution in [3.05, 3.63) is 64.9 Å². The molecule has 0 unspecified atom stereocenters. The average Bonchev–Trinajstić information content (AvgIpc) is 3.14.